The number of anilines is 2. The number of furan rings is 1. The van der Waals surface area contributed by atoms with E-state index in [2.05, 4.69) is 21.6 Å². The molecule has 0 fully saturated rings. The number of benzene rings is 1. The van der Waals surface area contributed by atoms with Gasteiger partial charge in [-0.05, 0) is 43.0 Å². The number of nitrogens with two attached hydrogens (primary N) is 2. The zero-order chi connectivity index (χ0) is 29.5. The summed E-state index contributed by atoms with van der Waals surface area (Å²) in [6.45, 7) is 5.82. The van der Waals surface area contributed by atoms with Crippen LogP contribution in [0.3, 0.4) is 0 Å². The number of nitrogens with zero attached hydrogens (tertiary/aromatic N) is 4. The Morgan fingerprint density at radius 2 is 2.00 bits per heavy atom. The Balaban J connectivity index is 1.44. The maximum absolute atomic E-state index is 13.6. The molecular weight excluding hydrogens is 562 g/mol. The average molecular weight is 590 g/mol. The van der Waals surface area contributed by atoms with E-state index in [-0.39, 0.29) is 39.8 Å². The minimum atomic E-state index is -0.711. The molecule has 210 valence electrons. The Morgan fingerprint density at radius 1 is 1.24 bits per heavy atom. The molecule has 0 saturated carbocycles. The molecule has 0 spiro atoms. The quantitative estimate of drug-likeness (QED) is 0.338. The molecule has 1 atom stereocenters. The van der Waals surface area contributed by atoms with Gasteiger partial charge >= 0.3 is 0 Å². The number of aryl methyl sites for hydroxylation is 1. The van der Waals surface area contributed by atoms with Crippen molar-refractivity contribution in [3.8, 4) is 6.07 Å². The van der Waals surface area contributed by atoms with Gasteiger partial charge in [-0.1, -0.05) is 49.1 Å². The first-order valence-electron chi connectivity index (χ1n) is 12.7. The number of primary amides is 1. The summed E-state index contributed by atoms with van der Waals surface area (Å²) in [5.74, 6) is -0.485. The lowest BCUT2D eigenvalue weighted by Crippen LogP contribution is -2.42. The number of thioether (sulfide) groups is 1. The van der Waals surface area contributed by atoms with Crippen LogP contribution >= 0.6 is 23.1 Å². The molecule has 2 aromatic heterocycles. The van der Waals surface area contributed by atoms with E-state index in [1.165, 1.54) is 17.4 Å². The summed E-state index contributed by atoms with van der Waals surface area (Å²) in [4.78, 5) is 39.5. The van der Waals surface area contributed by atoms with E-state index in [0.717, 1.165) is 11.8 Å². The van der Waals surface area contributed by atoms with Crippen LogP contribution in [0.25, 0.3) is 0 Å². The van der Waals surface area contributed by atoms with Crippen molar-refractivity contribution in [2.75, 3.05) is 16.0 Å². The maximum atomic E-state index is 13.6. The van der Waals surface area contributed by atoms with E-state index in [1.54, 1.807) is 42.2 Å². The van der Waals surface area contributed by atoms with Gasteiger partial charge in [0.15, 0.2) is 10.1 Å². The number of ketones is 1. The number of carbonyl (C=O) groups is 3. The zero-order valence-corrected chi connectivity index (χ0v) is 24.2. The van der Waals surface area contributed by atoms with Crippen LogP contribution in [0.4, 0.5) is 10.8 Å². The fourth-order valence-electron chi connectivity index (χ4n) is 5.09. The number of para-hydroxylation sites is 1. The molecule has 1 unspecified atom stereocenters. The maximum Gasteiger partial charge on any atom is 0.250 e. The van der Waals surface area contributed by atoms with Gasteiger partial charge in [-0.25, -0.2) is 0 Å². The molecule has 11 nitrogen and oxygen atoms in total. The number of rotatable bonds is 7. The van der Waals surface area contributed by atoms with E-state index in [0.29, 0.717) is 50.8 Å². The first-order valence-corrected chi connectivity index (χ1v) is 14.5. The van der Waals surface area contributed by atoms with Gasteiger partial charge in [0.25, 0.3) is 5.91 Å². The van der Waals surface area contributed by atoms with Gasteiger partial charge in [0.2, 0.25) is 11.0 Å². The summed E-state index contributed by atoms with van der Waals surface area (Å²) >= 11 is 2.34. The highest BCUT2D eigenvalue weighted by molar-refractivity contribution is 8.01. The van der Waals surface area contributed by atoms with Crippen LogP contribution in [0.15, 0.2) is 67.8 Å². The van der Waals surface area contributed by atoms with Crippen molar-refractivity contribution in [1.82, 2.24) is 10.2 Å². The number of hydrogen-bond donors (Lipinski definition) is 3. The Labute approximate surface area is 244 Å². The molecule has 41 heavy (non-hydrogen) atoms. The third-order valence-electron chi connectivity index (χ3n) is 6.81. The van der Waals surface area contributed by atoms with Crippen LogP contribution in [0.2, 0.25) is 0 Å². The van der Waals surface area contributed by atoms with Crippen molar-refractivity contribution in [3.05, 3.63) is 76.1 Å². The first-order chi connectivity index (χ1) is 19.5. The molecule has 0 bridgehead atoms. The number of amides is 2. The zero-order valence-electron chi connectivity index (χ0n) is 22.6. The molecule has 1 aliphatic carbocycles. The third kappa shape index (κ3) is 5.48. The van der Waals surface area contributed by atoms with E-state index in [9.17, 15) is 19.6 Å². The van der Waals surface area contributed by atoms with Gasteiger partial charge < -0.3 is 21.2 Å². The van der Waals surface area contributed by atoms with Gasteiger partial charge in [-0.15, -0.1) is 10.2 Å². The summed E-state index contributed by atoms with van der Waals surface area (Å²) in [7, 11) is 0. The monoisotopic (exact) mass is 589 g/mol. The topological polar surface area (TPSA) is 181 Å². The Kier molecular flexibility index (Phi) is 7.46. The molecule has 2 aliphatic rings. The van der Waals surface area contributed by atoms with Crippen LogP contribution in [0, 0.1) is 23.7 Å². The van der Waals surface area contributed by atoms with Crippen molar-refractivity contribution in [2.24, 2.45) is 16.9 Å². The number of hydrogen-bond acceptors (Lipinski definition) is 11. The Hall–Kier alpha value is -4.41. The predicted octanol–water partition coefficient (Wildman–Crippen LogP) is 4.21. The second-order valence-electron chi connectivity index (χ2n) is 10.5. The van der Waals surface area contributed by atoms with E-state index >= 15 is 0 Å². The lowest BCUT2D eigenvalue weighted by atomic mass is 9.69. The molecule has 2 amide bonds. The lowest BCUT2D eigenvalue weighted by molar-refractivity contribution is -0.118. The average Bonchev–Trinajstić information content (AvgIpc) is 3.55. The molecule has 5 rings (SSSR count). The van der Waals surface area contributed by atoms with Gasteiger partial charge in [0.05, 0.1) is 34.6 Å². The second-order valence-corrected chi connectivity index (χ2v) is 12.7. The van der Waals surface area contributed by atoms with Crippen molar-refractivity contribution in [3.63, 3.8) is 0 Å². The van der Waals surface area contributed by atoms with Gasteiger partial charge in [-0.2, -0.15) is 5.26 Å². The van der Waals surface area contributed by atoms with Crippen molar-refractivity contribution in [2.45, 2.75) is 43.9 Å². The van der Waals surface area contributed by atoms with Crippen molar-refractivity contribution in [1.29, 1.82) is 5.26 Å². The molecular formula is C28H27N7O4S2. The lowest BCUT2D eigenvalue weighted by Gasteiger charge is -2.42. The number of nitrogens with one attached hydrogen (secondary N) is 1. The normalized spacial score (nSPS) is 18.2. The fourth-order valence-corrected chi connectivity index (χ4v) is 6.77. The second kappa shape index (κ2) is 10.9. The van der Waals surface area contributed by atoms with Gasteiger partial charge in [0.1, 0.15) is 17.3 Å². The van der Waals surface area contributed by atoms with Crippen LogP contribution in [0.5, 0.6) is 0 Å². The Bertz CT molecular complexity index is 1680. The van der Waals surface area contributed by atoms with Gasteiger partial charge in [-0.3, -0.25) is 19.3 Å². The smallest absolute Gasteiger partial charge is 0.250 e. The number of nitriles is 1. The largest absolute Gasteiger partial charge is 0.465 e. The van der Waals surface area contributed by atoms with Crippen LogP contribution in [-0.2, 0) is 9.59 Å². The summed E-state index contributed by atoms with van der Waals surface area (Å²) in [6.07, 6.45) is 0.840. The fraction of sp³-hybridized carbons (Fsp3) is 0.286. The molecule has 3 heterocycles. The Morgan fingerprint density at radius 3 is 2.68 bits per heavy atom. The number of Topliss-reactive ketones (excluding diaryl/α,β-unsaturated/α-hetero) is 1. The first kappa shape index (κ1) is 28.1. The van der Waals surface area contributed by atoms with Crippen molar-refractivity contribution < 1.29 is 18.8 Å². The molecule has 5 N–H and O–H groups in total. The SMILES string of the molecule is Cc1ccc(C2C(C#N)=C(N)N(c3nnc(SCC(=O)Nc4ccccc4C(N)=O)s3)C3=C2C(=O)CC(C)(C)C3)o1. The predicted molar refractivity (Wildman–Crippen MR) is 155 cm³/mol. The minimum absolute atomic E-state index is 0.00409. The standard InChI is InChI=1S/C28H27N7O4S2/c1-14-8-9-20(39-14)22-16(12-29)24(30)35(18-10-28(2,3)11-19(36)23(18)22)26-33-34-27(41-26)40-13-21(37)32-17-7-5-4-6-15(17)25(31)38/h4-9,22H,10-11,13,30H2,1-3H3,(H2,31,38)(H,32,37). The van der Waals surface area contributed by atoms with Crippen LogP contribution in [0.1, 0.15) is 54.5 Å². The number of allylic oxidation sites excluding steroid dienone is 3. The number of carbonyl (C=O) groups excluding carboxylic acids is 3. The molecule has 0 radical (unpaired) electrons. The summed E-state index contributed by atoms with van der Waals surface area (Å²) in [5.41, 5.74) is 13.5. The summed E-state index contributed by atoms with van der Waals surface area (Å²) in [6, 6.07) is 12.2. The molecule has 0 saturated heterocycles. The molecule has 13 heteroatoms. The highest BCUT2D eigenvalue weighted by Crippen LogP contribution is 2.51. The minimum Gasteiger partial charge on any atom is -0.465 e. The van der Waals surface area contributed by atoms with E-state index < -0.39 is 11.8 Å². The van der Waals surface area contributed by atoms with Crippen LogP contribution in [-0.4, -0.2) is 33.5 Å². The summed E-state index contributed by atoms with van der Waals surface area (Å²) in [5, 5.41) is 21.8. The van der Waals surface area contributed by atoms with Gasteiger partial charge in [0, 0.05) is 17.7 Å². The van der Waals surface area contributed by atoms with E-state index in [4.69, 9.17) is 15.9 Å². The third-order valence-corrected chi connectivity index (χ3v) is 8.85. The molecule has 3 aromatic rings. The van der Waals surface area contributed by atoms with Crippen LogP contribution < -0.4 is 21.7 Å². The highest BCUT2D eigenvalue weighted by atomic mass is 32.2. The van der Waals surface area contributed by atoms with Crippen molar-refractivity contribution >= 4 is 51.5 Å². The molecule has 1 aliphatic heterocycles. The molecule has 1 aromatic carbocycles. The highest BCUT2D eigenvalue weighted by Gasteiger charge is 2.46. The summed E-state index contributed by atoms with van der Waals surface area (Å²) < 4.78 is 6.36. The number of aromatic nitrogens is 2. The van der Waals surface area contributed by atoms with E-state index in [1.807, 2.05) is 13.8 Å².